The second kappa shape index (κ2) is 12.7. The number of rotatable bonds is 8. The molecule has 6 nitrogen and oxygen atoms in total. The Hall–Kier alpha value is -3.74. The van der Waals surface area contributed by atoms with Crippen molar-refractivity contribution in [2.75, 3.05) is 0 Å². The number of nitrogens with two attached hydrogens (primary N) is 1. The highest BCUT2D eigenvalue weighted by Crippen LogP contribution is 2.55. The van der Waals surface area contributed by atoms with Crippen LogP contribution < -0.4 is 5.73 Å². The molecule has 0 heterocycles. The number of benzene rings is 4. The van der Waals surface area contributed by atoms with Crippen LogP contribution in [0.5, 0.6) is 0 Å². The maximum Gasteiger partial charge on any atom is 0.239 e. The molecule has 47 heavy (non-hydrogen) atoms. The molecule has 0 aromatic heterocycles. The van der Waals surface area contributed by atoms with Gasteiger partial charge in [-0.3, -0.25) is 9.59 Å². The van der Waals surface area contributed by atoms with E-state index in [1.807, 2.05) is 53.4 Å². The Morgan fingerprint density at radius 1 is 0.553 bits per heavy atom. The van der Waals surface area contributed by atoms with Crippen molar-refractivity contribution in [3.63, 3.8) is 0 Å². The summed E-state index contributed by atoms with van der Waals surface area (Å²) in [6, 6.07) is 26.8. The average molecular weight is 633 g/mol. The van der Waals surface area contributed by atoms with E-state index in [0.717, 1.165) is 84.0 Å². The zero-order chi connectivity index (χ0) is 32.6. The zero-order valence-electron chi connectivity index (χ0n) is 27.4. The minimum atomic E-state index is -1.40. The smallest absolute Gasteiger partial charge is 0.239 e. The molecule has 0 spiro atoms. The van der Waals surface area contributed by atoms with E-state index in [9.17, 15) is 15.0 Å². The summed E-state index contributed by atoms with van der Waals surface area (Å²) in [5, 5.41) is 30.0. The second-order valence-electron chi connectivity index (χ2n) is 14.6. The molecule has 4 aromatic rings. The van der Waals surface area contributed by atoms with Gasteiger partial charge in [-0.05, 0) is 71.2 Å². The van der Waals surface area contributed by atoms with Gasteiger partial charge in [0.25, 0.3) is 0 Å². The molecule has 246 valence electrons. The third-order valence-electron chi connectivity index (χ3n) is 11.8. The molecule has 6 heteroatoms. The van der Waals surface area contributed by atoms with Crippen LogP contribution in [0.25, 0.3) is 21.5 Å². The Bertz CT molecular complexity index is 1650. The Morgan fingerprint density at radius 3 is 1.36 bits per heavy atom. The van der Waals surface area contributed by atoms with Crippen LogP contribution in [-0.2, 0) is 9.59 Å². The predicted molar refractivity (Wildman–Crippen MR) is 186 cm³/mol. The lowest BCUT2D eigenvalue weighted by molar-refractivity contribution is -0.177. The van der Waals surface area contributed by atoms with E-state index in [2.05, 4.69) is 36.4 Å². The fourth-order valence-corrected chi connectivity index (χ4v) is 9.42. The summed E-state index contributed by atoms with van der Waals surface area (Å²) >= 11 is 0. The fourth-order valence-electron chi connectivity index (χ4n) is 9.42. The first-order valence-corrected chi connectivity index (χ1v) is 17.8. The Morgan fingerprint density at radius 2 is 0.936 bits per heavy atom. The summed E-state index contributed by atoms with van der Waals surface area (Å²) < 4.78 is 0. The zero-order valence-corrected chi connectivity index (χ0v) is 27.4. The number of carbonyl (C=O) groups is 2. The van der Waals surface area contributed by atoms with Crippen LogP contribution in [0.4, 0.5) is 0 Å². The van der Waals surface area contributed by atoms with Crippen LogP contribution in [0.3, 0.4) is 0 Å². The maximum absolute atomic E-state index is 15.8. The Balaban J connectivity index is 1.58. The summed E-state index contributed by atoms with van der Waals surface area (Å²) in [4.78, 5) is 31.2. The minimum absolute atomic E-state index is 0.351. The third kappa shape index (κ3) is 5.53. The highest BCUT2D eigenvalue weighted by atomic mass is 16.3. The fraction of sp³-hybridized carbons (Fsp3) is 0.463. The van der Waals surface area contributed by atoms with Crippen molar-refractivity contribution < 1.29 is 19.8 Å². The van der Waals surface area contributed by atoms with E-state index in [-0.39, 0.29) is 5.91 Å². The topological polar surface area (TPSA) is 104 Å². The molecule has 3 saturated carbocycles. The third-order valence-corrected chi connectivity index (χ3v) is 11.8. The number of carbonyl (C=O) groups excluding carboxylic acids is 2. The summed E-state index contributed by atoms with van der Waals surface area (Å²) in [5.41, 5.74) is 3.99. The molecule has 2 atom stereocenters. The van der Waals surface area contributed by atoms with Crippen LogP contribution in [0, 0.1) is 5.41 Å². The lowest BCUT2D eigenvalue weighted by Gasteiger charge is -2.54. The van der Waals surface area contributed by atoms with Gasteiger partial charge in [0.2, 0.25) is 11.8 Å². The van der Waals surface area contributed by atoms with Crippen LogP contribution in [0.1, 0.15) is 113 Å². The molecule has 2 unspecified atom stereocenters. The summed E-state index contributed by atoms with van der Waals surface area (Å²) in [7, 11) is 0. The normalized spacial score (nSPS) is 21.7. The lowest BCUT2D eigenvalue weighted by Crippen LogP contribution is -2.61. The largest absolute Gasteiger partial charge is 0.387 e. The molecule has 0 radical (unpaired) electrons. The number of nitrogens with zero attached hydrogens (tertiary/aromatic N) is 1. The molecule has 4 N–H and O–H groups in total. The number of aliphatic hydroxyl groups is 2. The molecule has 3 aliphatic rings. The molecule has 2 amide bonds. The van der Waals surface area contributed by atoms with Gasteiger partial charge < -0.3 is 20.8 Å². The number of fused-ring (bicyclic) bond motifs is 2. The van der Waals surface area contributed by atoms with Gasteiger partial charge in [-0.15, -0.1) is 0 Å². The predicted octanol–water partition coefficient (Wildman–Crippen LogP) is 8.04. The van der Waals surface area contributed by atoms with Crippen LogP contribution in [0.15, 0.2) is 84.9 Å². The molecule has 4 aromatic carbocycles. The van der Waals surface area contributed by atoms with Gasteiger partial charge in [0.05, 0.1) is 23.3 Å². The summed E-state index contributed by atoms with van der Waals surface area (Å²) in [6.45, 7) is 0. The molecule has 7 rings (SSSR count). The highest BCUT2D eigenvalue weighted by Gasteiger charge is 2.58. The highest BCUT2D eigenvalue weighted by molar-refractivity contribution is 6.05. The van der Waals surface area contributed by atoms with Crippen molar-refractivity contribution in [1.29, 1.82) is 0 Å². The number of hydrogen-bond donors (Lipinski definition) is 3. The van der Waals surface area contributed by atoms with Gasteiger partial charge in [0, 0.05) is 0 Å². The molecule has 0 aliphatic heterocycles. The van der Waals surface area contributed by atoms with Crippen molar-refractivity contribution in [1.82, 2.24) is 4.90 Å². The van der Waals surface area contributed by atoms with E-state index in [1.54, 1.807) is 0 Å². The maximum atomic E-state index is 15.8. The molecular formula is C41H48N2O4. The SMILES string of the molecule is NC(=O)C1(C(=O)N(C(c2cccc3ccccc23)C2(O)CCCCC2)C(c2cccc3ccccc23)C2(O)CCCCC2)CCCC1. The first-order chi connectivity index (χ1) is 22.8. The van der Waals surface area contributed by atoms with Gasteiger partial charge in [-0.2, -0.15) is 0 Å². The number of hydrogen-bond acceptors (Lipinski definition) is 4. The van der Waals surface area contributed by atoms with Crippen LogP contribution >= 0.6 is 0 Å². The number of amides is 2. The summed E-state index contributed by atoms with van der Waals surface area (Å²) in [6.07, 6.45) is 9.68. The van der Waals surface area contributed by atoms with Gasteiger partial charge in [0.15, 0.2) is 0 Å². The van der Waals surface area contributed by atoms with Crippen molar-refractivity contribution >= 4 is 33.4 Å². The lowest BCUT2D eigenvalue weighted by atomic mass is 9.69. The standard InChI is InChI=1S/C41H48N2O4/c42-37(44)39(23-11-12-24-39)38(45)43(35(40(46)25-7-1-8-26-40)33-21-13-17-29-15-3-5-19-31(29)33)36(41(47)27-9-2-10-28-41)34-22-14-18-30-16-4-6-20-32(30)34/h3-6,13-22,35-36,46-47H,1-2,7-12,23-28H2,(H2,42,44). The van der Waals surface area contributed by atoms with Crippen molar-refractivity contribution in [2.24, 2.45) is 11.1 Å². The van der Waals surface area contributed by atoms with E-state index in [0.29, 0.717) is 38.5 Å². The molecule has 0 bridgehead atoms. The van der Waals surface area contributed by atoms with Crippen LogP contribution in [-0.4, -0.2) is 38.1 Å². The van der Waals surface area contributed by atoms with Crippen molar-refractivity contribution in [3.8, 4) is 0 Å². The van der Waals surface area contributed by atoms with E-state index in [1.165, 1.54) is 0 Å². The molecular weight excluding hydrogens is 584 g/mol. The van der Waals surface area contributed by atoms with Crippen molar-refractivity contribution in [2.45, 2.75) is 113 Å². The molecule has 3 fully saturated rings. The van der Waals surface area contributed by atoms with Gasteiger partial charge in [0.1, 0.15) is 5.41 Å². The van der Waals surface area contributed by atoms with Gasteiger partial charge >= 0.3 is 0 Å². The van der Waals surface area contributed by atoms with Gasteiger partial charge in [-0.1, -0.05) is 136 Å². The Kier molecular flexibility index (Phi) is 8.60. The first kappa shape index (κ1) is 31.8. The number of primary amides is 1. The van der Waals surface area contributed by atoms with E-state index >= 15 is 4.79 Å². The van der Waals surface area contributed by atoms with Crippen molar-refractivity contribution in [3.05, 3.63) is 96.1 Å². The summed E-state index contributed by atoms with van der Waals surface area (Å²) in [5.74, 6) is -0.957. The first-order valence-electron chi connectivity index (χ1n) is 17.8. The molecule has 3 aliphatic carbocycles. The van der Waals surface area contributed by atoms with Gasteiger partial charge in [-0.25, -0.2) is 0 Å². The molecule has 0 saturated heterocycles. The van der Waals surface area contributed by atoms with Crippen LogP contribution in [0.2, 0.25) is 0 Å². The second-order valence-corrected chi connectivity index (χ2v) is 14.6. The quantitative estimate of drug-likeness (QED) is 0.171. The minimum Gasteiger partial charge on any atom is -0.387 e. The monoisotopic (exact) mass is 632 g/mol. The van der Waals surface area contributed by atoms with E-state index < -0.39 is 34.6 Å². The average Bonchev–Trinajstić information content (AvgIpc) is 3.60. The van der Waals surface area contributed by atoms with E-state index in [4.69, 9.17) is 5.73 Å². The Labute approximate surface area is 278 Å².